The van der Waals surface area contributed by atoms with Gasteiger partial charge in [-0.25, -0.2) is 0 Å². The molecule has 0 aliphatic carbocycles. The molecule has 0 aliphatic rings. The third kappa shape index (κ3) is 3.06. The van der Waals surface area contributed by atoms with Gasteiger partial charge in [0.25, 0.3) is 0 Å². The van der Waals surface area contributed by atoms with E-state index in [0.717, 1.165) is 10.0 Å². The fourth-order valence-corrected chi connectivity index (χ4v) is 2.00. The number of nitrogens with two attached hydrogens (primary N) is 2. The number of benzene rings is 2. The summed E-state index contributed by atoms with van der Waals surface area (Å²) in [5.41, 5.74) is 13.1. The van der Waals surface area contributed by atoms with Crippen molar-refractivity contribution in [3.05, 3.63) is 52.0 Å². The highest BCUT2D eigenvalue weighted by molar-refractivity contribution is 9.10. The van der Waals surface area contributed by atoms with Gasteiger partial charge in [-0.3, -0.25) is 4.79 Å². The number of halogens is 1. The molecule has 2 aromatic carbocycles. The molecule has 0 heterocycles. The Labute approximate surface area is 119 Å². The van der Waals surface area contributed by atoms with Gasteiger partial charge in [-0.15, -0.1) is 0 Å². The van der Waals surface area contributed by atoms with Crippen molar-refractivity contribution in [3.8, 4) is 11.5 Å². The lowest BCUT2D eigenvalue weighted by molar-refractivity contribution is 0.100. The summed E-state index contributed by atoms with van der Waals surface area (Å²) in [6.45, 7) is 1.91. The predicted molar refractivity (Wildman–Crippen MR) is 78.3 cm³/mol. The number of hydrogen-bond donors (Lipinski definition) is 2. The monoisotopic (exact) mass is 320 g/mol. The number of amides is 1. The maximum absolute atomic E-state index is 11.0. The van der Waals surface area contributed by atoms with Crippen LogP contribution in [0, 0.1) is 6.92 Å². The number of carbonyl (C=O) groups excluding carboxylic acids is 1. The molecule has 5 heteroatoms. The summed E-state index contributed by atoms with van der Waals surface area (Å²) in [7, 11) is 0. The molecular weight excluding hydrogens is 308 g/mol. The van der Waals surface area contributed by atoms with Gasteiger partial charge in [0, 0.05) is 11.3 Å². The molecule has 0 spiro atoms. The van der Waals surface area contributed by atoms with Crippen molar-refractivity contribution in [3.63, 3.8) is 0 Å². The van der Waals surface area contributed by atoms with Crippen LogP contribution in [0.15, 0.2) is 40.9 Å². The number of anilines is 1. The third-order valence-electron chi connectivity index (χ3n) is 2.69. The number of rotatable bonds is 3. The van der Waals surface area contributed by atoms with Crippen LogP contribution in [-0.4, -0.2) is 5.91 Å². The molecule has 2 rings (SSSR count). The van der Waals surface area contributed by atoms with E-state index in [9.17, 15) is 4.79 Å². The Morgan fingerprint density at radius 3 is 2.42 bits per heavy atom. The lowest BCUT2D eigenvalue weighted by Gasteiger charge is -2.10. The Bertz CT molecular complexity index is 624. The molecule has 0 fully saturated rings. The van der Waals surface area contributed by atoms with E-state index in [1.165, 1.54) is 0 Å². The molecule has 2 aromatic rings. The van der Waals surface area contributed by atoms with Crippen LogP contribution < -0.4 is 16.2 Å². The molecule has 0 bridgehead atoms. The second-order valence-corrected chi connectivity index (χ2v) is 4.98. The number of ether oxygens (including phenoxy) is 1. The van der Waals surface area contributed by atoms with E-state index in [4.69, 9.17) is 16.2 Å². The Kier molecular flexibility index (Phi) is 3.76. The molecule has 0 atom stereocenters. The second-order valence-electron chi connectivity index (χ2n) is 4.13. The van der Waals surface area contributed by atoms with E-state index in [-0.39, 0.29) is 0 Å². The molecule has 4 N–H and O–H groups in total. The fourth-order valence-electron chi connectivity index (χ4n) is 1.56. The van der Waals surface area contributed by atoms with Crippen LogP contribution in [0.25, 0.3) is 0 Å². The van der Waals surface area contributed by atoms with E-state index < -0.39 is 5.91 Å². The van der Waals surface area contributed by atoms with Crippen molar-refractivity contribution in [2.75, 3.05) is 5.73 Å². The average Bonchev–Trinajstić information content (AvgIpc) is 2.36. The molecular formula is C14H13BrN2O2. The Hall–Kier alpha value is -2.01. The third-order valence-corrected chi connectivity index (χ3v) is 3.31. The molecule has 19 heavy (non-hydrogen) atoms. The summed E-state index contributed by atoms with van der Waals surface area (Å²) in [5, 5.41) is 0. The lowest BCUT2D eigenvalue weighted by Crippen LogP contribution is -2.10. The second kappa shape index (κ2) is 5.32. The van der Waals surface area contributed by atoms with Crippen LogP contribution in [0.3, 0.4) is 0 Å². The van der Waals surface area contributed by atoms with Crippen LogP contribution in [0.5, 0.6) is 11.5 Å². The molecule has 0 unspecified atom stereocenters. The molecule has 0 aliphatic heterocycles. The predicted octanol–water partition coefficient (Wildman–Crippen LogP) is 3.23. The summed E-state index contributed by atoms with van der Waals surface area (Å²) in [6.07, 6.45) is 0. The van der Waals surface area contributed by atoms with Crippen molar-refractivity contribution in [1.82, 2.24) is 0 Å². The zero-order valence-electron chi connectivity index (χ0n) is 10.3. The average molecular weight is 321 g/mol. The summed E-state index contributed by atoms with van der Waals surface area (Å²) < 4.78 is 6.50. The highest BCUT2D eigenvalue weighted by atomic mass is 79.9. The van der Waals surface area contributed by atoms with Crippen LogP contribution in [0.1, 0.15) is 15.9 Å². The molecule has 0 radical (unpaired) electrons. The van der Waals surface area contributed by atoms with Crippen molar-refractivity contribution < 1.29 is 9.53 Å². The van der Waals surface area contributed by atoms with Crippen LogP contribution in [0.4, 0.5) is 5.69 Å². The molecule has 98 valence electrons. The van der Waals surface area contributed by atoms with Crippen molar-refractivity contribution >= 4 is 27.5 Å². The van der Waals surface area contributed by atoms with E-state index >= 15 is 0 Å². The number of nitrogen functional groups attached to an aromatic ring is 1. The number of aryl methyl sites for hydroxylation is 1. The smallest absolute Gasteiger partial charge is 0.248 e. The van der Waals surface area contributed by atoms with Gasteiger partial charge in [-0.1, -0.05) is 0 Å². The summed E-state index contributed by atoms with van der Waals surface area (Å²) >= 11 is 3.40. The van der Waals surface area contributed by atoms with E-state index in [1.807, 2.05) is 13.0 Å². The zero-order chi connectivity index (χ0) is 14.0. The highest BCUT2D eigenvalue weighted by Gasteiger charge is 2.07. The maximum atomic E-state index is 11.0. The first-order valence-electron chi connectivity index (χ1n) is 5.60. The van der Waals surface area contributed by atoms with Gasteiger partial charge in [0.1, 0.15) is 11.5 Å². The first-order chi connectivity index (χ1) is 8.97. The quantitative estimate of drug-likeness (QED) is 0.852. The van der Waals surface area contributed by atoms with Crippen molar-refractivity contribution in [2.45, 2.75) is 6.92 Å². The fraction of sp³-hybridized carbons (Fsp3) is 0.0714. The summed E-state index contributed by atoms with van der Waals surface area (Å²) in [5.74, 6) is 0.824. The van der Waals surface area contributed by atoms with E-state index in [2.05, 4.69) is 15.9 Å². The molecule has 0 aromatic heterocycles. The lowest BCUT2D eigenvalue weighted by atomic mass is 10.2. The highest BCUT2D eigenvalue weighted by Crippen LogP contribution is 2.33. The van der Waals surface area contributed by atoms with Crippen LogP contribution in [-0.2, 0) is 0 Å². The van der Waals surface area contributed by atoms with E-state index in [1.54, 1.807) is 30.3 Å². The normalized spacial score (nSPS) is 10.2. The minimum Gasteiger partial charge on any atom is -0.456 e. The zero-order valence-corrected chi connectivity index (χ0v) is 11.9. The van der Waals surface area contributed by atoms with Crippen molar-refractivity contribution in [2.24, 2.45) is 5.73 Å². The first kappa shape index (κ1) is 13.4. The van der Waals surface area contributed by atoms with Gasteiger partial charge in [0.15, 0.2) is 0 Å². The van der Waals surface area contributed by atoms with E-state index in [0.29, 0.717) is 22.7 Å². The van der Waals surface area contributed by atoms with Gasteiger partial charge in [-0.05, 0) is 64.8 Å². The first-order valence-corrected chi connectivity index (χ1v) is 6.40. The minimum atomic E-state index is -0.462. The number of primary amides is 1. The molecule has 1 amide bonds. The standard InChI is InChI=1S/C14H13BrN2O2/c1-8-6-13(11(15)7-12(8)16)19-10-4-2-9(3-5-10)14(17)18/h2-7H,16H2,1H3,(H2,17,18). The number of carbonyl (C=O) groups is 1. The Morgan fingerprint density at radius 1 is 1.21 bits per heavy atom. The van der Waals surface area contributed by atoms with Gasteiger partial charge >= 0.3 is 0 Å². The van der Waals surface area contributed by atoms with Gasteiger partial charge in [0.2, 0.25) is 5.91 Å². The summed E-state index contributed by atoms with van der Waals surface area (Å²) in [4.78, 5) is 11.0. The Balaban J connectivity index is 2.26. The van der Waals surface area contributed by atoms with Crippen LogP contribution in [0.2, 0.25) is 0 Å². The summed E-state index contributed by atoms with van der Waals surface area (Å²) in [6, 6.07) is 10.3. The molecule has 0 saturated heterocycles. The van der Waals surface area contributed by atoms with Gasteiger partial charge in [-0.2, -0.15) is 0 Å². The van der Waals surface area contributed by atoms with Crippen molar-refractivity contribution in [1.29, 1.82) is 0 Å². The topological polar surface area (TPSA) is 78.3 Å². The number of hydrogen-bond acceptors (Lipinski definition) is 3. The molecule has 4 nitrogen and oxygen atoms in total. The van der Waals surface area contributed by atoms with Gasteiger partial charge in [0.05, 0.1) is 4.47 Å². The SMILES string of the molecule is Cc1cc(Oc2ccc(C(N)=O)cc2)c(Br)cc1N. The maximum Gasteiger partial charge on any atom is 0.248 e. The van der Waals surface area contributed by atoms with Gasteiger partial charge < -0.3 is 16.2 Å². The Morgan fingerprint density at radius 2 is 1.84 bits per heavy atom. The largest absolute Gasteiger partial charge is 0.456 e. The van der Waals surface area contributed by atoms with Crippen LogP contribution >= 0.6 is 15.9 Å². The molecule has 0 saturated carbocycles. The minimum absolute atomic E-state index is 0.444.